The second kappa shape index (κ2) is 7.31. The third kappa shape index (κ3) is 3.65. The van der Waals surface area contributed by atoms with Gasteiger partial charge in [0.15, 0.2) is 5.76 Å². The van der Waals surface area contributed by atoms with Crippen molar-refractivity contribution >= 4 is 11.8 Å². The summed E-state index contributed by atoms with van der Waals surface area (Å²) in [5.41, 5.74) is 2.05. The van der Waals surface area contributed by atoms with Crippen LogP contribution in [0.15, 0.2) is 47.1 Å². The lowest BCUT2D eigenvalue weighted by Crippen LogP contribution is -2.34. The number of aliphatic hydroxyl groups is 1. The van der Waals surface area contributed by atoms with Gasteiger partial charge in [0.2, 0.25) is 5.91 Å². The van der Waals surface area contributed by atoms with Crippen molar-refractivity contribution in [3.8, 4) is 0 Å². The molecule has 0 saturated heterocycles. The van der Waals surface area contributed by atoms with Crippen LogP contribution in [-0.2, 0) is 11.2 Å². The molecule has 126 valence electrons. The van der Waals surface area contributed by atoms with E-state index in [2.05, 4.69) is 10.6 Å². The molecule has 6 nitrogen and oxygen atoms in total. The molecule has 6 heteroatoms. The van der Waals surface area contributed by atoms with E-state index >= 15 is 0 Å². The van der Waals surface area contributed by atoms with E-state index < -0.39 is 6.10 Å². The number of nitrogens with one attached hydrogen (secondary N) is 2. The zero-order valence-corrected chi connectivity index (χ0v) is 13.2. The first kappa shape index (κ1) is 16.3. The van der Waals surface area contributed by atoms with Crippen molar-refractivity contribution in [2.45, 2.75) is 31.4 Å². The average molecular weight is 328 g/mol. The van der Waals surface area contributed by atoms with Gasteiger partial charge in [0.05, 0.1) is 18.4 Å². The van der Waals surface area contributed by atoms with Crippen molar-refractivity contribution < 1.29 is 19.1 Å². The van der Waals surface area contributed by atoms with Gasteiger partial charge in [0, 0.05) is 19.4 Å². The molecule has 0 bridgehead atoms. The standard InChI is InChI=1S/C18H20N2O4/c21-14-11-12-5-1-2-6-13(12)17(14)20-16(22)8-3-9-19-18(23)15-7-4-10-24-15/h1-2,4-7,10,14,17,21H,3,8-9,11H2,(H,19,23)(H,20,22). The number of hydrogen-bond donors (Lipinski definition) is 3. The Morgan fingerprint density at radius 2 is 2.04 bits per heavy atom. The quantitative estimate of drug-likeness (QED) is 0.702. The molecule has 2 unspecified atom stereocenters. The van der Waals surface area contributed by atoms with Crippen molar-refractivity contribution in [2.75, 3.05) is 6.54 Å². The zero-order chi connectivity index (χ0) is 16.9. The topological polar surface area (TPSA) is 91.6 Å². The maximum atomic E-state index is 12.1. The minimum atomic E-state index is -0.593. The highest BCUT2D eigenvalue weighted by molar-refractivity contribution is 5.91. The van der Waals surface area contributed by atoms with Crippen molar-refractivity contribution in [2.24, 2.45) is 0 Å². The van der Waals surface area contributed by atoms with E-state index in [0.717, 1.165) is 11.1 Å². The van der Waals surface area contributed by atoms with Gasteiger partial charge in [-0.3, -0.25) is 9.59 Å². The Balaban J connectivity index is 1.42. The lowest BCUT2D eigenvalue weighted by atomic mass is 10.1. The van der Waals surface area contributed by atoms with Crippen LogP contribution < -0.4 is 10.6 Å². The highest BCUT2D eigenvalue weighted by atomic mass is 16.3. The first-order chi connectivity index (χ1) is 11.6. The molecule has 1 aromatic carbocycles. The summed E-state index contributed by atoms with van der Waals surface area (Å²) in [5, 5.41) is 15.7. The van der Waals surface area contributed by atoms with Gasteiger partial charge in [-0.05, 0) is 29.7 Å². The summed E-state index contributed by atoms with van der Waals surface area (Å²) in [4.78, 5) is 23.7. The third-order valence-electron chi connectivity index (χ3n) is 4.13. The van der Waals surface area contributed by atoms with E-state index in [1.54, 1.807) is 12.1 Å². The fraction of sp³-hybridized carbons (Fsp3) is 0.333. The van der Waals surface area contributed by atoms with Crippen LogP contribution in [0.1, 0.15) is 40.6 Å². The van der Waals surface area contributed by atoms with Gasteiger partial charge in [0.25, 0.3) is 5.91 Å². The Morgan fingerprint density at radius 1 is 1.21 bits per heavy atom. The number of hydrogen-bond acceptors (Lipinski definition) is 4. The van der Waals surface area contributed by atoms with Crippen LogP contribution in [0, 0.1) is 0 Å². The summed E-state index contributed by atoms with van der Waals surface area (Å²) in [7, 11) is 0. The van der Waals surface area contributed by atoms with Gasteiger partial charge in [-0.15, -0.1) is 0 Å². The summed E-state index contributed by atoms with van der Waals surface area (Å²) in [5.74, 6) is -0.173. The fourth-order valence-electron chi connectivity index (χ4n) is 2.94. The van der Waals surface area contributed by atoms with Gasteiger partial charge in [-0.25, -0.2) is 0 Å². The highest BCUT2D eigenvalue weighted by Crippen LogP contribution is 2.31. The Bertz CT molecular complexity index is 712. The number of carbonyl (C=O) groups is 2. The Hall–Kier alpha value is -2.60. The molecular weight excluding hydrogens is 308 g/mol. The van der Waals surface area contributed by atoms with Crippen molar-refractivity contribution in [3.05, 3.63) is 59.5 Å². The SMILES string of the molecule is O=C(CCCNC(=O)c1ccco1)NC1c2ccccc2CC1O. The van der Waals surface area contributed by atoms with E-state index in [4.69, 9.17) is 4.42 Å². The summed E-state index contributed by atoms with van der Waals surface area (Å²) in [6.07, 6.45) is 2.20. The fourth-order valence-corrected chi connectivity index (χ4v) is 2.94. The van der Waals surface area contributed by atoms with Crippen LogP contribution in [0.2, 0.25) is 0 Å². The minimum absolute atomic E-state index is 0.136. The summed E-state index contributed by atoms with van der Waals surface area (Å²) < 4.78 is 4.99. The van der Waals surface area contributed by atoms with Crippen LogP contribution in [0.5, 0.6) is 0 Å². The molecule has 2 aromatic rings. The third-order valence-corrected chi connectivity index (χ3v) is 4.13. The molecule has 2 atom stereocenters. The predicted octanol–water partition coefficient (Wildman–Crippen LogP) is 1.56. The predicted molar refractivity (Wildman–Crippen MR) is 87.3 cm³/mol. The van der Waals surface area contributed by atoms with E-state index in [0.29, 0.717) is 19.4 Å². The Kier molecular flexibility index (Phi) is 4.96. The van der Waals surface area contributed by atoms with Crippen LogP contribution in [0.3, 0.4) is 0 Å². The molecule has 0 saturated carbocycles. The molecule has 1 aliphatic carbocycles. The molecule has 0 aliphatic heterocycles. The van der Waals surface area contributed by atoms with Crippen LogP contribution >= 0.6 is 0 Å². The molecule has 3 rings (SSSR count). The van der Waals surface area contributed by atoms with E-state index in [-0.39, 0.29) is 30.0 Å². The number of benzene rings is 1. The largest absolute Gasteiger partial charge is 0.459 e. The van der Waals surface area contributed by atoms with Gasteiger partial charge >= 0.3 is 0 Å². The van der Waals surface area contributed by atoms with E-state index in [1.807, 2.05) is 24.3 Å². The summed E-state index contributed by atoms with van der Waals surface area (Å²) >= 11 is 0. The Morgan fingerprint density at radius 3 is 2.83 bits per heavy atom. The van der Waals surface area contributed by atoms with Crippen LogP contribution in [-0.4, -0.2) is 29.6 Å². The molecule has 2 amide bonds. The maximum absolute atomic E-state index is 12.1. The van der Waals surface area contributed by atoms with E-state index in [1.165, 1.54) is 6.26 Å². The molecule has 0 fully saturated rings. The monoisotopic (exact) mass is 328 g/mol. The van der Waals surface area contributed by atoms with Crippen molar-refractivity contribution in [1.82, 2.24) is 10.6 Å². The second-order valence-corrected chi connectivity index (χ2v) is 5.85. The van der Waals surface area contributed by atoms with Crippen LogP contribution in [0.25, 0.3) is 0 Å². The number of rotatable bonds is 6. The summed E-state index contributed by atoms with van der Waals surface area (Å²) in [6.45, 7) is 0.386. The van der Waals surface area contributed by atoms with E-state index in [9.17, 15) is 14.7 Å². The molecule has 3 N–H and O–H groups in total. The van der Waals surface area contributed by atoms with Gasteiger partial charge in [-0.2, -0.15) is 0 Å². The summed E-state index contributed by atoms with van der Waals surface area (Å²) in [6, 6.07) is 10.6. The van der Waals surface area contributed by atoms with Gasteiger partial charge in [0.1, 0.15) is 0 Å². The average Bonchev–Trinajstić information content (AvgIpc) is 3.20. The molecule has 1 heterocycles. The van der Waals surface area contributed by atoms with Crippen molar-refractivity contribution in [3.63, 3.8) is 0 Å². The second-order valence-electron chi connectivity index (χ2n) is 5.85. The first-order valence-corrected chi connectivity index (χ1v) is 8.02. The maximum Gasteiger partial charge on any atom is 0.286 e. The normalized spacial score (nSPS) is 18.9. The number of carbonyl (C=O) groups excluding carboxylic acids is 2. The van der Waals surface area contributed by atoms with Crippen molar-refractivity contribution in [1.29, 1.82) is 0 Å². The van der Waals surface area contributed by atoms with Crippen LogP contribution in [0.4, 0.5) is 0 Å². The first-order valence-electron chi connectivity index (χ1n) is 8.02. The van der Waals surface area contributed by atoms with Gasteiger partial charge < -0.3 is 20.2 Å². The number of fused-ring (bicyclic) bond motifs is 1. The Labute approximate surface area is 139 Å². The lowest BCUT2D eigenvalue weighted by molar-refractivity contribution is -0.122. The molecule has 24 heavy (non-hydrogen) atoms. The molecule has 1 aromatic heterocycles. The number of furan rings is 1. The molecule has 0 radical (unpaired) electrons. The highest BCUT2D eigenvalue weighted by Gasteiger charge is 2.31. The molecule has 1 aliphatic rings. The molecule has 0 spiro atoms. The number of aliphatic hydroxyl groups excluding tert-OH is 1. The zero-order valence-electron chi connectivity index (χ0n) is 13.2. The van der Waals surface area contributed by atoms with Gasteiger partial charge in [-0.1, -0.05) is 24.3 Å². The lowest BCUT2D eigenvalue weighted by Gasteiger charge is -2.18. The number of amides is 2. The smallest absolute Gasteiger partial charge is 0.286 e. The minimum Gasteiger partial charge on any atom is -0.459 e. The molecular formula is C18H20N2O4.